The van der Waals surface area contributed by atoms with E-state index in [4.69, 9.17) is 11.6 Å². The molecule has 7 nitrogen and oxygen atoms in total. The summed E-state index contributed by atoms with van der Waals surface area (Å²) in [4.78, 5) is 30.9. The molecule has 0 unspecified atom stereocenters. The molecule has 1 saturated carbocycles. The molecule has 0 radical (unpaired) electrons. The highest BCUT2D eigenvalue weighted by atomic mass is 35.5. The Bertz CT molecular complexity index is 860. The van der Waals surface area contributed by atoms with Gasteiger partial charge in [0, 0.05) is 25.2 Å². The van der Waals surface area contributed by atoms with E-state index in [0.29, 0.717) is 18.6 Å². The molecule has 1 amide bonds. The van der Waals surface area contributed by atoms with Gasteiger partial charge in [-0.2, -0.15) is 4.98 Å². The first-order valence-electron chi connectivity index (χ1n) is 10.6. The first-order chi connectivity index (χ1) is 14.0. The van der Waals surface area contributed by atoms with Crippen molar-refractivity contribution in [2.75, 3.05) is 32.0 Å². The molecule has 158 valence electrons. The Labute approximate surface area is 180 Å². The number of halogens is 1. The Morgan fingerprint density at radius 3 is 2.62 bits per heavy atom. The summed E-state index contributed by atoms with van der Waals surface area (Å²) in [5.41, 5.74) is 0.826. The number of carbonyl (C=O) groups excluding carboxylic acids is 1. The van der Waals surface area contributed by atoms with Crippen LogP contribution in [0.2, 0.25) is 5.28 Å². The Balaban J connectivity index is 1.33. The number of likely N-dealkylation sites (tertiary alicyclic amines) is 1. The van der Waals surface area contributed by atoms with Crippen LogP contribution in [0.4, 0.5) is 5.82 Å². The summed E-state index contributed by atoms with van der Waals surface area (Å²) >= 11 is 7.71. The number of carbonyl (C=O) groups is 1. The average molecular weight is 437 g/mol. The number of likely N-dealkylation sites (N-methyl/N-ethyl adjacent to an activating group) is 1. The lowest BCUT2D eigenvalue weighted by atomic mass is 9.90. The second-order valence-corrected chi connectivity index (χ2v) is 9.51. The van der Waals surface area contributed by atoms with E-state index < -0.39 is 0 Å². The molecule has 1 aliphatic heterocycles. The first-order valence-corrected chi connectivity index (χ1v) is 11.8. The molecule has 0 atom stereocenters. The van der Waals surface area contributed by atoms with Crippen molar-refractivity contribution in [2.45, 2.75) is 64.0 Å². The number of nitrogens with zero attached hydrogens (tertiary/aromatic N) is 5. The number of amides is 1. The van der Waals surface area contributed by atoms with Gasteiger partial charge in [0.1, 0.15) is 5.52 Å². The van der Waals surface area contributed by atoms with Crippen LogP contribution in [-0.4, -0.2) is 69.4 Å². The minimum absolute atomic E-state index is 0.264. The topological polar surface area (TPSA) is 74.2 Å². The zero-order valence-electron chi connectivity index (χ0n) is 17.2. The van der Waals surface area contributed by atoms with Gasteiger partial charge in [-0.15, -0.1) is 0 Å². The molecule has 0 spiro atoms. The second kappa shape index (κ2) is 9.10. The molecule has 9 heteroatoms. The van der Waals surface area contributed by atoms with E-state index in [9.17, 15) is 4.79 Å². The van der Waals surface area contributed by atoms with Crippen LogP contribution in [-0.2, 0) is 11.2 Å². The number of aryl methyl sites for hydroxylation is 1. The van der Waals surface area contributed by atoms with E-state index in [1.54, 1.807) is 11.3 Å². The van der Waals surface area contributed by atoms with Crippen molar-refractivity contribution in [1.29, 1.82) is 0 Å². The highest BCUT2D eigenvalue weighted by Gasteiger charge is 2.27. The van der Waals surface area contributed by atoms with Crippen molar-refractivity contribution in [2.24, 2.45) is 0 Å². The lowest BCUT2D eigenvalue weighted by molar-refractivity contribution is -0.131. The number of thiazole rings is 1. The molecular formula is C20H29ClN6OS. The van der Waals surface area contributed by atoms with Crippen LogP contribution in [0.15, 0.2) is 0 Å². The minimum Gasteiger partial charge on any atom is -0.365 e. The van der Waals surface area contributed by atoms with E-state index in [-0.39, 0.29) is 11.2 Å². The number of anilines is 1. The molecule has 29 heavy (non-hydrogen) atoms. The number of hydrogen-bond donors (Lipinski definition) is 1. The molecular weight excluding hydrogens is 408 g/mol. The van der Waals surface area contributed by atoms with Crippen molar-refractivity contribution in [3.05, 3.63) is 10.3 Å². The van der Waals surface area contributed by atoms with Gasteiger partial charge in [-0.1, -0.05) is 18.3 Å². The van der Waals surface area contributed by atoms with Gasteiger partial charge < -0.3 is 10.2 Å². The van der Waals surface area contributed by atoms with Gasteiger partial charge in [0.05, 0.1) is 11.6 Å². The standard InChI is InChI=1S/C20H29ClN6OS/c1-3-15-23-17-18(24-20(21)25-19(17)29-15)22-13-6-8-14(9-7-13)26(2)12-16(28)27-10-4-5-11-27/h13-14H,3-12H2,1-2H3,(H,22,24,25). The van der Waals surface area contributed by atoms with Gasteiger partial charge in [0.2, 0.25) is 11.2 Å². The Morgan fingerprint density at radius 1 is 1.21 bits per heavy atom. The zero-order valence-corrected chi connectivity index (χ0v) is 18.7. The Kier molecular flexibility index (Phi) is 6.51. The summed E-state index contributed by atoms with van der Waals surface area (Å²) < 4.78 is 0. The van der Waals surface area contributed by atoms with E-state index in [2.05, 4.69) is 39.1 Å². The van der Waals surface area contributed by atoms with Crippen LogP contribution in [0, 0.1) is 0 Å². The van der Waals surface area contributed by atoms with Crippen LogP contribution < -0.4 is 5.32 Å². The molecule has 2 aromatic rings. The third-order valence-electron chi connectivity index (χ3n) is 6.08. The van der Waals surface area contributed by atoms with Crippen molar-refractivity contribution in [3.63, 3.8) is 0 Å². The minimum atomic E-state index is 0.264. The largest absolute Gasteiger partial charge is 0.365 e. The van der Waals surface area contributed by atoms with Crippen molar-refractivity contribution in [3.8, 4) is 0 Å². The normalized spacial score (nSPS) is 22.6. The van der Waals surface area contributed by atoms with Gasteiger partial charge in [-0.3, -0.25) is 9.69 Å². The van der Waals surface area contributed by atoms with E-state index in [1.807, 2.05) is 4.90 Å². The summed E-state index contributed by atoms with van der Waals surface area (Å²) in [5.74, 6) is 1.02. The predicted molar refractivity (Wildman–Crippen MR) is 118 cm³/mol. The van der Waals surface area contributed by atoms with Crippen LogP contribution in [0.3, 0.4) is 0 Å². The van der Waals surface area contributed by atoms with E-state index >= 15 is 0 Å². The third-order valence-corrected chi connectivity index (χ3v) is 7.35. The summed E-state index contributed by atoms with van der Waals surface area (Å²) in [5, 5.41) is 4.87. The van der Waals surface area contributed by atoms with Gasteiger partial charge >= 0.3 is 0 Å². The second-order valence-electron chi connectivity index (χ2n) is 8.11. The van der Waals surface area contributed by atoms with Crippen LogP contribution in [0.1, 0.15) is 50.5 Å². The number of nitrogens with one attached hydrogen (secondary N) is 1. The van der Waals surface area contributed by atoms with Crippen LogP contribution in [0.25, 0.3) is 10.3 Å². The maximum absolute atomic E-state index is 12.4. The first kappa shape index (κ1) is 20.8. The molecule has 1 saturated heterocycles. The van der Waals surface area contributed by atoms with Crippen LogP contribution in [0.5, 0.6) is 0 Å². The van der Waals surface area contributed by atoms with Crippen molar-refractivity contribution >= 4 is 45.0 Å². The third kappa shape index (κ3) is 4.81. The molecule has 2 aromatic heterocycles. The molecule has 4 rings (SSSR count). The molecule has 0 bridgehead atoms. The number of rotatable bonds is 6. The molecule has 1 N–H and O–H groups in total. The predicted octanol–water partition coefficient (Wildman–Crippen LogP) is 3.58. The fraction of sp³-hybridized carbons (Fsp3) is 0.700. The molecule has 2 fully saturated rings. The molecule has 0 aromatic carbocycles. The molecule has 1 aliphatic carbocycles. The summed E-state index contributed by atoms with van der Waals surface area (Å²) in [6.07, 6.45) is 7.39. The number of hydrogen-bond acceptors (Lipinski definition) is 7. The summed E-state index contributed by atoms with van der Waals surface area (Å²) in [6, 6.07) is 0.800. The van der Waals surface area contributed by atoms with E-state index in [1.165, 1.54) is 0 Å². The van der Waals surface area contributed by atoms with Gasteiger partial charge in [0.15, 0.2) is 10.6 Å². The average Bonchev–Trinajstić information content (AvgIpc) is 3.38. The quantitative estimate of drug-likeness (QED) is 0.697. The van der Waals surface area contributed by atoms with Crippen LogP contribution >= 0.6 is 22.9 Å². The van der Waals surface area contributed by atoms with Crippen molar-refractivity contribution < 1.29 is 4.79 Å². The summed E-state index contributed by atoms with van der Waals surface area (Å²) in [6.45, 7) is 4.47. The van der Waals surface area contributed by atoms with Gasteiger partial charge in [-0.25, -0.2) is 9.97 Å². The fourth-order valence-corrected chi connectivity index (χ4v) is 5.45. The van der Waals surface area contributed by atoms with E-state index in [0.717, 1.165) is 79.2 Å². The Hall–Kier alpha value is -1.51. The highest BCUT2D eigenvalue weighted by molar-refractivity contribution is 7.18. The highest BCUT2D eigenvalue weighted by Crippen LogP contribution is 2.30. The molecule has 2 aliphatic rings. The molecule has 3 heterocycles. The Morgan fingerprint density at radius 2 is 1.93 bits per heavy atom. The zero-order chi connectivity index (χ0) is 20.4. The smallest absolute Gasteiger partial charge is 0.236 e. The SMILES string of the molecule is CCc1nc2c(NC3CCC(N(C)CC(=O)N4CCCC4)CC3)nc(Cl)nc2s1. The fourth-order valence-electron chi connectivity index (χ4n) is 4.35. The van der Waals surface area contributed by atoms with Crippen molar-refractivity contribution in [1.82, 2.24) is 24.8 Å². The lowest BCUT2D eigenvalue weighted by Gasteiger charge is -2.35. The van der Waals surface area contributed by atoms with Gasteiger partial charge in [0.25, 0.3) is 0 Å². The number of aromatic nitrogens is 3. The summed E-state index contributed by atoms with van der Waals surface area (Å²) in [7, 11) is 2.09. The maximum atomic E-state index is 12.4. The lowest BCUT2D eigenvalue weighted by Crippen LogP contribution is -2.44. The maximum Gasteiger partial charge on any atom is 0.236 e. The monoisotopic (exact) mass is 436 g/mol. The van der Waals surface area contributed by atoms with Gasteiger partial charge in [-0.05, 0) is 63.6 Å². The number of fused-ring (bicyclic) bond motifs is 1.